The third-order valence-electron chi connectivity index (χ3n) is 4.79. The number of carbonyl (C=O) groups is 3. The number of aliphatic carboxylic acids is 1. The van der Waals surface area contributed by atoms with Crippen LogP contribution in [-0.2, 0) is 4.79 Å². The van der Waals surface area contributed by atoms with Crippen molar-refractivity contribution in [1.29, 1.82) is 0 Å². The van der Waals surface area contributed by atoms with E-state index in [4.69, 9.17) is 5.11 Å². The second kappa shape index (κ2) is 7.92. The topological polar surface area (TPSA) is 86.7 Å². The molecule has 27 heavy (non-hydrogen) atoms. The summed E-state index contributed by atoms with van der Waals surface area (Å²) in [6.07, 6.45) is 0.453. The molecule has 2 heterocycles. The van der Waals surface area contributed by atoms with Gasteiger partial charge in [0.05, 0.1) is 11.5 Å². The minimum atomic E-state index is -0.881. The van der Waals surface area contributed by atoms with Gasteiger partial charge in [0.1, 0.15) is 5.00 Å². The molecule has 6 nitrogen and oxygen atoms in total. The fraction of sp³-hybridized carbons (Fsp3) is 0.350. The van der Waals surface area contributed by atoms with Gasteiger partial charge in [0.2, 0.25) is 0 Å². The predicted molar refractivity (Wildman–Crippen MR) is 104 cm³/mol. The van der Waals surface area contributed by atoms with Crippen LogP contribution in [0.4, 0.5) is 5.00 Å². The Morgan fingerprint density at radius 3 is 2.48 bits per heavy atom. The normalized spacial score (nSPS) is 16.6. The number of hydrogen-bond acceptors (Lipinski definition) is 4. The number of thiophene rings is 1. The highest BCUT2D eigenvalue weighted by molar-refractivity contribution is 7.14. The Bertz CT molecular complexity index is 857. The molecule has 1 fully saturated rings. The number of anilines is 1. The SMILES string of the molecule is CC(C)c1ccc(C(=O)Nc2sccc2C(=O)N2CCC(C(=O)O)C2)cc1. The van der Waals surface area contributed by atoms with Gasteiger partial charge in [0.15, 0.2) is 0 Å². The van der Waals surface area contributed by atoms with E-state index < -0.39 is 11.9 Å². The molecule has 1 aliphatic rings. The summed E-state index contributed by atoms with van der Waals surface area (Å²) in [6, 6.07) is 9.07. The summed E-state index contributed by atoms with van der Waals surface area (Å²) in [7, 11) is 0. The largest absolute Gasteiger partial charge is 0.481 e. The quantitative estimate of drug-likeness (QED) is 0.821. The zero-order chi connectivity index (χ0) is 19.6. The Balaban J connectivity index is 1.70. The highest BCUT2D eigenvalue weighted by atomic mass is 32.1. The molecule has 1 unspecified atom stereocenters. The fourth-order valence-corrected chi connectivity index (χ4v) is 3.86. The summed E-state index contributed by atoms with van der Waals surface area (Å²) >= 11 is 1.28. The molecule has 0 aliphatic carbocycles. The van der Waals surface area contributed by atoms with Gasteiger partial charge in [0, 0.05) is 18.7 Å². The van der Waals surface area contributed by atoms with Crippen LogP contribution in [0.15, 0.2) is 35.7 Å². The maximum atomic E-state index is 12.7. The average molecular weight is 386 g/mol. The zero-order valence-electron chi connectivity index (χ0n) is 15.3. The first-order valence-electron chi connectivity index (χ1n) is 8.87. The van der Waals surface area contributed by atoms with Gasteiger partial charge in [-0.3, -0.25) is 14.4 Å². The summed E-state index contributed by atoms with van der Waals surface area (Å²) < 4.78 is 0. The molecule has 0 saturated carbocycles. The van der Waals surface area contributed by atoms with Crippen LogP contribution in [0, 0.1) is 5.92 Å². The summed E-state index contributed by atoms with van der Waals surface area (Å²) in [5.74, 6) is -1.53. The molecule has 2 aromatic rings. The van der Waals surface area contributed by atoms with Crippen molar-refractivity contribution in [2.75, 3.05) is 18.4 Å². The smallest absolute Gasteiger partial charge is 0.308 e. The number of carboxylic acids is 1. The third-order valence-corrected chi connectivity index (χ3v) is 5.62. The van der Waals surface area contributed by atoms with Crippen LogP contribution in [0.25, 0.3) is 0 Å². The first-order valence-corrected chi connectivity index (χ1v) is 9.75. The van der Waals surface area contributed by atoms with Crippen LogP contribution >= 0.6 is 11.3 Å². The van der Waals surface area contributed by atoms with Crippen molar-refractivity contribution < 1.29 is 19.5 Å². The monoisotopic (exact) mass is 386 g/mol. The standard InChI is InChI=1S/C20H22N2O4S/c1-12(2)13-3-5-14(6-4-13)17(23)21-18-16(8-10-27-18)19(24)22-9-7-15(11-22)20(25)26/h3-6,8,10,12,15H,7,9,11H2,1-2H3,(H,21,23)(H,25,26). The number of carbonyl (C=O) groups excluding carboxylic acids is 2. The molecule has 7 heteroatoms. The van der Waals surface area contributed by atoms with Gasteiger partial charge in [-0.15, -0.1) is 11.3 Å². The maximum absolute atomic E-state index is 12.7. The van der Waals surface area contributed by atoms with Crippen molar-refractivity contribution in [2.24, 2.45) is 5.92 Å². The maximum Gasteiger partial charge on any atom is 0.308 e. The second-order valence-electron chi connectivity index (χ2n) is 6.97. The van der Waals surface area contributed by atoms with Crippen molar-refractivity contribution in [2.45, 2.75) is 26.2 Å². The van der Waals surface area contributed by atoms with E-state index in [0.29, 0.717) is 35.0 Å². The highest BCUT2D eigenvalue weighted by Crippen LogP contribution is 2.28. The fourth-order valence-electron chi connectivity index (χ4n) is 3.09. The summed E-state index contributed by atoms with van der Waals surface area (Å²) in [4.78, 5) is 37.9. The van der Waals surface area contributed by atoms with E-state index in [1.165, 1.54) is 16.2 Å². The molecule has 2 N–H and O–H groups in total. The van der Waals surface area contributed by atoms with Crippen molar-refractivity contribution in [3.63, 3.8) is 0 Å². The first-order chi connectivity index (χ1) is 12.9. The second-order valence-corrected chi connectivity index (χ2v) is 7.89. The van der Waals surface area contributed by atoms with E-state index in [0.717, 1.165) is 5.56 Å². The lowest BCUT2D eigenvalue weighted by atomic mass is 10.0. The highest BCUT2D eigenvalue weighted by Gasteiger charge is 2.32. The molecule has 0 spiro atoms. The van der Waals surface area contributed by atoms with E-state index in [2.05, 4.69) is 19.2 Å². The molecule has 1 atom stereocenters. The van der Waals surface area contributed by atoms with Crippen LogP contribution in [0.1, 0.15) is 52.5 Å². The van der Waals surface area contributed by atoms with Gasteiger partial charge in [0.25, 0.3) is 11.8 Å². The van der Waals surface area contributed by atoms with E-state index in [-0.39, 0.29) is 18.4 Å². The number of amides is 2. The molecule has 1 aromatic heterocycles. The molecule has 1 saturated heterocycles. The van der Waals surface area contributed by atoms with Crippen molar-refractivity contribution in [3.8, 4) is 0 Å². The zero-order valence-corrected chi connectivity index (χ0v) is 16.1. The van der Waals surface area contributed by atoms with Gasteiger partial charge < -0.3 is 15.3 Å². The van der Waals surface area contributed by atoms with Gasteiger partial charge in [-0.05, 0) is 41.5 Å². The lowest BCUT2D eigenvalue weighted by Crippen LogP contribution is -2.30. The predicted octanol–water partition coefficient (Wildman–Crippen LogP) is 3.67. The van der Waals surface area contributed by atoms with Crippen LogP contribution in [0.3, 0.4) is 0 Å². The molecule has 3 rings (SSSR count). The number of benzene rings is 1. The molecule has 0 radical (unpaired) electrons. The van der Waals surface area contributed by atoms with Gasteiger partial charge >= 0.3 is 5.97 Å². The number of nitrogens with zero attached hydrogens (tertiary/aromatic N) is 1. The lowest BCUT2D eigenvalue weighted by molar-refractivity contribution is -0.141. The minimum Gasteiger partial charge on any atom is -0.481 e. The Morgan fingerprint density at radius 2 is 1.89 bits per heavy atom. The van der Waals surface area contributed by atoms with Crippen molar-refractivity contribution in [1.82, 2.24) is 4.90 Å². The van der Waals surface area contributed by atoms with Crippen molar-refractivity contribution >= 4 is 34.1 Å². The lowest BCUT2D eigenvalue weighted by Gasteiger charge is -2.16. The number of nitrogens with one attached hydrogen (secondary N) is 1. The molecule has 1 aliphatic heterocycles. The van der Waals surface area contributed by atoms with E-state index >= 15 is 0 Å². The number of rotatable bonds is 5. The Hall–Kier alpha value is -2.67. The number of likely N-dealkylation sites (tertiary alicyclic amines) is 1. The summed E-state index contributed by atoms with van der Waals surface area (Å²) in [5, 5.41) is 14.1. The van der Waals surface area contributed by atoms with Crippen LogP contribution < -0.4 is 5.32 Å². The molecule has 142 valence electrons. The van der Waals surface area contributed by atoms with Crippen LogP contribution in [-0.4, -0.2) is 40.9 Å². The Labute approximate surface area is 161 Å². The van der Waals surface area contributed by atoms with E-state index in [9.17, 15) is 14.4 Å². The first kappa shape index (κ1) is 19.1. The molecular weight excluding hydrogens is 364 g/mol. The Morgan fingerprint density at radius 1 is 1.19 bits per heavy atom. The third kappa shape index (κ3) is 4.19. The van der Waals surface area contributed by atoms with Gasteiger partial charge in [-0.25, -0.2) is 0 Å². The van der Waals surface area contributed by atoms with Crippen LogP contribution in [0.5, 0.6) is 0 Å². The van der Waals surface area contributed by atoms with Gasteiger partial charge in [-0.1, -0.05) is 26.0 Å². The summed E-state index contributed by atoms with van der Waals surface area (Å²) in [5.41, 5.74) is 2.08. The number of carboxylic acid groups (broad SMARTS) is 1. The van der Waals surface area contributed by atoms with Crippen LogP contribution in [0.2, 0.25) is 0 Å². The van der Waals surface area contributed by atoms with Crippen molar-refractivity contribution in [3.05, 3.63) is 52.4 Å². The van der Waals surface area contributed by atoms with E-state index in [1.54, 1.807) is 23.6 Å². The molecule has 1 aromatic carbocycles. The molecular formula is C20H22N2O4S. The van der Waals surface area contributed by atoms with Gasteiger partial charge in [-0.2, -0.15) is 0 Å². The molecule has 2 amide bonds. The number of hydrogen-bond donors (Lipinski definition) is 2. The molecule has 0 bridgehead atoms. The Kier molecular flexibility index (Phi) is 5.60. The average Bonchev–Trinajstić information content (AvgIpc) is 3.31. The van der Waals surface area contributed by atoms with E-state index in [1.807, 2.05) is 12.1 Å². The minimum absolute atomic E-state index is 0.202. The summed E-state index contributed by atoms with van der Waals surface area (Å²) in [6.45, 7) is 4.79.